The smallest absolute Gasteiger partial charge is 0.295 e. The fourth-order valence-electron chi connectivity index (χ4n) is 2.39. The SMILES string of the molecule is CC.O=C(C(=O)N1CCNCC1)c1c[nH]c2ccccc12.[HH]. The van der Waals surface area contributed by atoms with Crippen LogP contribution in [0.2, 0.25) is 0 Å². The number of rotatable bonds is 2. The molecule has 0 aliphatic carbocycles. The van der Waals surface area contributed by atoms with Crippen LogP contribution in [0.15, 0.2) is 30.5 Å². The first kappa shape index (κ1) is 15.3. The molecule has 1 aromatic carbocycles. The summed E-state index contributed by atoms with van der Waals surface area (Å²) in [6.45, 7) is 6.67. The molecule has 0 bridgehead atoms. The predicted molar refractivity (Wildman–Crippen MR) is 85.5 cm³/mol. The number of hydrogen-bond acceptors (Lipinski definition) is 3. The molecule has 0 saturated carbocycles. The summed E-state index contributed by atoms with van der Waals surface area (Å²) in [4.78, 5) is 29.1. The Labute approximate surface area is 125 Å². The topological polar surface area (TPSA) is 65.2 Å². The number of benzene rings is 1. The maximum Gasteiger partial charge on any atom is 0.295 e. The molecule has 0 spiro atoms. The Balaban J connectivity index is 0.000000775. The third-order valence-corrected chi connectivity index (χ3v) is 3.43. The molecule has 1 aliphatic rings. The Morgan fingerprint density at radius 1 is 1.14 bits per heavy atom. The van der Waals surface area contributed by atoms with Crippen LogP contribution in [0.4, 0.5) is 0 Å². The van der Waals surface area contributed by atoms with E-state index >= 15 is 0 Å². The number of aromatic nitrogens is 1. The van der Waals surface area contributed by atoms with Crippen LogP contribution in [-0.2, 0) is 4.79 Å². The number of fused-ring (bicyclic) bond motifs is 1. The summed E-state index contributed by atoms with van der Waals surface area (Å²) < 4.78 is 0. The molecule has 21 heavy (non-hydrogen) atoms. The van der Waals surface area contributed by atoms with E-state index in [0.717, 1.165) is 24.0 Å². The van der Waals surface area contributed by atoms with Crippen LogP contribution < -0.4 is 5.32 Å². The summed E-state index contributed by atoms with van der Waals surface area (Å²) in [5, 5.41) is 3.96. The monoisotopic (exact) mass is 289 g/mol. The highest BCUT2D eigenvalue weighted by molar-refractivity contribution is 6.44. The van der Waals surface area contributed by atoms with Crippen LogP contribution in [0.25, 0.3) is 10.9 Å². The molecule has 3 rings (SSSR count). The number of piperazine rings is 1. The van der Waals surface area contributed by atoms with E-state index in [2.05, 4.69) is 10.3 Å². The number of carbonyl (C=O) groups excluding carboxylic acids is 2. The number of carbonyl (C=O) groups is 2. The van der Waals surface area contributed by atoms with Crippen molar-refractivity contribution in [3.63, 3.8) is 0 Å². The normalized spacial score (nSPS) is 14.5. The lowest BCUT2D eigenvalue weighted by Crippen LogP contribution is -2.48. The van der Waals surface area contributed by atoms with Gasteiger partial charge in [-0.25, -0.2) is 0 Å². The number of nitrogens with one attached hydrogen (secondary N) is 2. The minimum Gasteiger partial charge on any atom is -0.360 e. The van der Waals surface area contributed by atoms with E-state index < -0.39 is 11.7 Å². The van der Waals surface area contributed by atoms with Crippen molar-refractivity contribution in [2.45, 2.75) is 13.8 Å². The number of hydrogen-bond donors (Lipinski definition) is 2. The molecule has 1 aromatic heterocycles. The molecule has 2 N–H and O–H groups in total. The minimum absolute atomic E-state index is 0. The van der Waals surface area contributed by atoms with E-state index in [-0.39, 0.29) is 1.43 Å². The van der Waals surface area contributed by atoms with Crippen LogP contribution in [0.3, 0.4) is 0 Å². The molecule has 1 aliphatic heterocycles. The van der Waals surface area contributed by atoms with Crippen molar-refractivity contribution in [2.24, 2.45) is 0 Å². The van der Waals surface area contributed by atoms with Crippen molar-refractivity contribution >= 4 is 22.6 Å². The molecule has 5 heteroatoms. The fraction of sp³-hybridized carbons (Fsp3) is 0.375. The largest absolute Gasteiger partial charge is 0.360 e. The summed E-state index contributed by atoms with van der Waals surface area (Å²) in [7, 11) is 0. The van der Waals surface area contributed by atoms with E-state index in [0.29, 0.717) is 18.7 Å². The Morgan fingerprint density at radius 2 is 1.81 bits per heavy atom. The average Bonchev–Trinajstić information content (AvgIpc) is 3.00. The van der Waals surface area contributed by atoms with Crippen molar-refractivity contribution < 1.29 is 11.0 Å². The summed E-state index contributed by atoms with van der Waals surface area (Å²) in [5.41, 5.74) is 1.33. The molecule has 1 amide bonds. The number of aromatic amines is 1. The maximum atomic E-state index is 12.3. The van der Waals surface area contributed by atoms with Crippen molar-refractivity contribution in [1.29, 1.82) is 0 Å². The zero-order chi connectivity index (χ0) is 15.2. The minimum atomic E-state index is -0.431. The molecule has 2 aromatic rings. The van der Waals surface area contributed by atoms with Gasteiger partial charge in [-0.05, 0) is 6.07 Å². The molecule has 5 nitrogen and oxygen atoms in total. The number of amides is 1. The van der Waals surface area contributed by atoms with Crippen LogP contribution in [0, 0.1) is 0 Å². The molecular weight excluding hydrogens is 266 g/mol. The van der Waals surface area contributed by atoms with Gasteiger partial charge < -0.3 is 15.2 Å². The van der Waals surface area contributed by atoms with Crippen molar-refractivity contribution in [3.05, 3.63) is 36.0 Å². The van der Waals surface area contributed by atoms with E-state index in [1.165, 1.54) is 0 Å². The van der Waals surface area contributed by atoms with Crippen LogP contribution in [0.5, 0.6) is 0 Å². The molecule has 1 fully saturated rings. The number of Topliss-reactive ketones (excluding diaryl/α,β-unsaturated/α-hetero) is 1. The van der Waals surface area contributed by atoms with Gasteiger partial charge in [0.05, 0.1) is 5.56 Å². The van der Waals surface area contributed by atoms with Gasteiger partial charge in [-0.3, -0.25) is 9.59 Å². The van der Waals surface area contributed by atoms with Crippen LogP contribution >= 0.6 is 0 Å². The first-order valence-electron chi connectivity index (χ1n) is 7.38. The molecule has 114 valence electrons. The average molecular weight is 289 g/mol. The number of ketones is 1. The second-order valence-electron chi connectivity index (χ2n) is 4.62. The lowest BCUT2D eigenvalue weighted by atomic mass is 10.1. The highest BCUT2D eigenvalue weighted by Gasteiger charge is 2.26. The molecule has 0 radical (unpaired) electrons. The van der Waals surface area contributed by atoms with E-state index in [1.807, 2.05) is 38.1 Å². The van der Waals surface area contributed by atoms with Crippen molar-refractivity contribution in [2.75, 3.05) is 26.2 Å². The first-order chi connectivity index (χ1) is 10.3. The third-order valence-electron chi connectivity index (χ3n) is 3.43. The van der Waals surface area contributed by atoms with Gasteiger partial charge in [0.2, 0.25) is 0 Å². The van der Waals surface area contributed by atoms with Gasteiger partial charge in [0.1, 0.15) is 0 Å². The third kappa shape index (κ3) is 3.13. The lowest BCUT2D eigenvalue weighted by molar-refractivity contribution is -0.126. The molecule has 2 heterocycles. The van der Waals surface area contributed by atoms with Crippen LogP contribution in [-0.4, -0.2) is 47.8 Å². The zero-order valence-corrected chi connectivity index (χ0v) is 12.5. The van der Waals surface area contributed by atoms with E-state index in [4.69, 9.17) is 0 Å². The van der Waals surface area contributed by atoms with Gasteiger partial charge in [-0.1, -0.05) is 32.0 Å². The summed E-state index contributed by atoms with van der Waals surface area (Å²) in [6, 6.07) is 7.50. The predicted octanol–water partition coefficient (Wildman–Crippen LogP) is 2.05. The highest BCUT2D eigenvalue weighted by Crippen LogP contribution is 2.18. The van der Waals surface area contributed by atoms with Crippen LogP contribution in [0.1, 0.15) is 25.6 Å². The van der Waals surface area contributed by atoms with E-state index in [9.17, 15) is 9.59 Å². The zero-order valence-electron chi connectivity index (χ0n) is 12.5. The van der Waals surface area contributed by atoms with Gasteiger partial charge in [-0.2, -0.15) is 0 Å². The van der Waals surface area contributed by atoms with Gasteiger partial charge >= 0.3 is 0 Å². The van der Waals surface area contributed by atoms with Gasteiger partial charge in [-0.15, -0.1) is 0 Å². The number of nitrogens with zero attached hydrogens (tertiary/aromatic N) is 1. The summed E-state index contributed by atoms with van der Waals surface area (Å²) in [6.07, 6.45) is 1.62. The second-order valence-corrected chi connectivity index (χ2v) is 4.62. The summed E-state index contributed by atoms with van der Waals surface area (Å²) in [5.74, 6) is -0.842. The maximum absolute atomic E-state index is 12.3. The molecule has 1 saturated heterocycles. The molecule has 0 unspecified atom stereocenters. The van der Waals surface area contributed by atoms with Gasteiger partial charge in [0.15, 0.2) is 0 Å². The Hall–Kier alpha value is -2.14. The number of para-hydroxylation sites is 1. The molecular formula is C16H23N3O2. The Bertz CT molecular complexity index is 633. The summed E-state index contributed by atoms with van der Waals surface area (Å²) >= 11 is 0. The number of H-pyrrole nitrogens is 1. The quantitative estimate of drug-likeness (QED) is 0.657. The second kappa shape index (κ2) is 7.04. The standard InChI is InChI=1S/C14H15N3O2.C2H6.H2/c18-13(14(19)17-7-5-15-6-8-17)11-9-16-12-4-2-1-3-10(11)12;1-2;/h1-4,9,15-16H,5-8H2;1-2H3;1H. The van der Waals surface area contributed by atoms with Gasteiger partial charge in [0.25, 0.3) is 11.7 Å². The Kier molecular flexibility index (Phi) is 5.11. The van der Waals surface area contributed by atoms with Crippen molar-refractivity contribution in [1.82, 2.24) is 15.2 Å². The van der Waals surface area contributed by atoms with Gasteiger partial charge in [0, 0.05) is 44.7 Å². The Morgan fingerprint density at radius 3 is 2.52 bits per heavy atom. The van der Waals surface area contributed by atoms with E-state index in [1.54, 1.807) is 11.1 Å². The molecule has 0 atom stereocenters. The first-order valence-corrected chi connectivity index (χ1v) is 7.38. The highest BCUT2D eigenvalue weighted by atomic mass is 16.2. The fourth-order valence-corrected chi connectivity index (χ4v) is 2.39. The van der Waals surface area contributed by atoms with Crippen molar-refractivity contribution in [3.8, 4) is 0 Å². The lowest BCUT2D eigenvalue weighted by Gasteiger charge is -2.26.